The fourth-order valence-electron chi connectivity index (χ4n) is 2.78. The minimum absolute atomic E-state index is 0.0745. The summed E-state index contributed by atoms with van der Waals surface area (Å²) in [5, 5.41) is 13.9. The van der Waals surface area contributed by atoms with Crippen molar-refractivity contribution in [3.05, 3.63) is 64.7 Å². The van der Waals surface area contributed by atoms with Crippen molar-refractivity contribution in [2.75, 3.05) is 11.9 Å². The molecule has 0 unspecified atom stereocenters. The molecular formula is C21H24N2O4. The van der Waals surface area contributed by atoms with Crippen molar-refractivity contribution in [1.82, 2.24) is 5.32 Å². The number of carbonyl (C=O) groups excluding carboxylic acids is 2. The molecule has 2 aromatic carbocycles. The number of rotatable bonds is 8. The maximum absolute atomic E-state index is 12.1. The molecule has 142 valence electrons. The Kier molecular flexibility index (Phi) is 7.11. The lowest BCUT2D eigenvalue weighted by atomic mass is 10.0. The molecule has 2 aromatic rings. The number of aryl methyl sites for hydroxylation is 3. The molecule has 2 rings (SSSR count). The second-order valence-electron chi connectivity index (χ2n) is 6.52. The van der Waals surface area contributed by atoms with Crippen LogP contribution in [0, 0.1) is 13.8 Å². The molecule has 27 heavy (non-hydrogen) atoms. The fourth-order valence-corrected chi connectivity index (χ4v) is 2.78. The Morgan fingerprint density at radius 1 is 0.926 bits per heavy atom. The zero-order valence-corrected chi connectivity index (χ0v) is 15.5. The zero-order chi connectivity index (χ0) is 19.8. The Balaban J connectivity index is 1.83. The van der Waals surface area contributed by atoms with Gasteiger partial charge in [-0.1, -0.05) is 29.3 Å². The van der Waals surface area contributed by atoms with Crippen LogP contribution >= 0.6 is 0 Å². The number of anilines is 1. The van der Waals surface area contributed by atoms with Gasteiger partial charge in [0.25, 0.3) is 5.91 Å². The van der Waals surface area contributed by atoms with Gasteiger partial charge in [0, 0.05) is 24.2 Å². The third kappa shape index (κ3) is 6.93. The number of nitrogens with one attached hydrogen (secondary N) is 2. The van der Waals surface area contributed by atoms with E-state index in [1.54, 1.807) is 24.3 Å². The van der Waals surface area contributed by atoms with Crippen LogP contribution in [0.15, 0.2) is 42.5 Å². The summed E-state index contributed by atoms with van der Waals surface area (Å²) < 4.78 is 0. The summed E-state index contributed by atoms with van der Waals surface area (Å²) in [6.45, 7) is 4.15. The summed E-state index contributed by atoms with van der Waals surface area (Å²) in [5.74, 6) is -1.40. The van der Waals surface area contributed by atoms with Crippen LogP contribution in [-0.4, -0.2) is 29.4 Å². The second-order valence-corrected chi connectivity index (χ2v) is 6.52. The molecule has 0 atom stereocenters. The van der Waals surface area contributed by atoms with Crippen LogP contribution in [-0.2, 0) is 16.0 Å². The van der Waals surface area contributed by atoms with E-state index in [1.807, 2.05) is 13.8 Å². The third-order valence-corrected chi connectivity index (χ3v) is 3.98. The number of amides is 2. The predicted molar refractivity (Wildman–Crippen MR) is 104 cm³/mol. The van der Waals surface area contributed by atoms with Crippen LogP contribution in [0.3, 0.4) is 0 Å². The molecule has 0 aliphatic heterocycles. The van der Waals surface area contributed by atoms with Crippen LogP contribution in [0.2, 0.25) is 0 Å². The molecule has 3 N–H and O–H groups in total. The van der Waals surface area contributed by atoms with Gasteiger partial charge >= 0.3 is 5.97 Å². The smallest absolute Gasteiger partial charge is 0.305 e. The standard InChI is InChI=1S/C21H24N2O4/c1-14-11-15(2)13-16(12-14)3-8-19(24)23-18-6-4-17(5-7-18)21(27)22-10-9-20(25)26/h4-7,11-13H,3,8-10H2,1-2H3,(H,22,27)(H,23,24)(H,25,26). The summed E-state index contributed by atoms with van der Waals surface area (Å²) in [5.41, 5.74) is 4.53. The molecule has 0 fully saturated rings. The lowest BCUT2D eigenvalue weighted by Crippen LogP contribution is -2.25. The summed E-state index contributed by atoms with van der Waals surface area (Å²) in [4.78, 5) is 34.5. The van der Waals surface area contributed by atoms with E-state index in [0.717, 1.165) is 5.56 Å². The van der Waals surface area contributed by atoms with E-state index in [-0.39, 0.29) is 24.8 Å². The van der Waals surface area contributed by atoms with Gasteiger partial charge in [-0.05, 0) is 50.1 Å². The number of hydrogen-bond donors (Lipinski definition) is 3. The van der Waals surface area contributed by atoms with Crippen LogP contribution in [0.25, 0.3) is 0 Å². The van der Waals surface area contributed by atoms with Gasteiger partial charge < -0.3 is 15.7 Å². The Bertz CT molecular complexity index is 808. The first-order chi connectivity index (χ1) is 12.8. The number of carboxylic acids is 1. The highest BCUT2D eigenvalue weighted by molar-refractivity contribution is 5.96. The molecule has 0 aromatic heterocycles. The molecule has 2 amide bonds. The first-order valence-electron chi connectivity index (χ1n) is 8.80. The molecule has 0 spiro atoms. The lowest BCUT2D eigenvalue weighted by molar-refractivity contribution is -0.136. The second kappa shape index (κ2) is 9.52. The van der Waals surface area contributed by atoms with Crippen molar-refractivity contribution in [2.24, 2.45) is 0 Å². The lowest BCUT2D eigenvalue weighted by Gasteiger charge is -2.08. The fraction of sp³-hybridized carbons (Fsp3) is 0.286. The Labute approximate surface area is 158 Å². The number of carbonyl (C=O) groups is 3. The van der Waals surface area contributed by atoms with Gasteiger partial charge in [-0.3, -0.25) is 14.4 Å². The van der Waals surface area contributed by atoms with Gasteiger partial charge in [0.1, 0.15) is 0 Å². The van der Waals surface area contributed by atoms with Gasteiger partial charge in [0.2, 0.25) is 5.91 Å². The first-order valence-corrected chi connectivity index (χ1v) is 8.80. The van der Waals surface area contributed by atoms with Crippen molar-refractivity contribution < 1.29 is 19.5 Å². The first kappa shape index (κ1) is 20.2. The highest BCUT2D eigenvalue weighted by atomic mass is 16.4. The van der Waals surface area contributed by atoms with E-state index in [9.17, 15) is 14.4 Å². The van der Waals surface area contributed by atoms with Crippen molar-refractivity contribution in [3.63, 3.8) is 0 Å². The molecule has 0 bridgehead atoms. The van der Waals surface area contributed by atoms with E-state index in [4.69, 9.17) is 5.11 Å². The van der Waals surface area contributed by atoms with Gasteiger partial charge in [-0.25, -0.2) is 0 Å². The maximum Gasteiger partial charge on any atom is 0.305 e. The molecular weight excluding hydrogens is 344 g/mol. The van der Waals surface area contributed by atoms with Gasteiger partial charge in [0.15, 0.2) is 0 Å². The van der Waals surface area contributed by atoms with Crippen LogP contribution in [0.5, 0.6) is 0 Å². The van der Waals surface area contributed by atoms with Crippen molar-refractivity contribution in [1.29, 1.82) is 0 Å². The normalized spacial score (nSPS) is 10.3. The van der Waals surface area contributed by atoms with Gasteiger partial charge in [-0.2, -0.15) is 0 Å². The minimum atomic E-state index is -0.964. The molecule has 0 saturated carbocycles. The summed E-state index contributed by atoms with van der Waals surface area (Å²) in [6.07, 6.45) is 0.916. The van der Waals surface area contributed by atoms with E-state index in [0.29, 0.717) is 24.1 Å². The average Bonchev–Trinajstić information content (AvgIpc) is 2.59. The number of aliphatic carboxylic acids is 1. The molecule has 0 radical (unpaired) electrons. The highest BCUT2D eigenvalue weighted by Gasteiger charge is 2.08. The summed E-state index contributed by atoms with van der Waals surface area (Å²) in [6, 6.07) is 12.8. The monoisotopic (exact) mass is 368 g/mol. The molecule has 6 heteroatoms. The Morgan fingerprint density at radius 3 is 2.15 bits per heavy atom. The molecule has 0 saturated heterocycles. The molecule has 0 heterocycles. The number of carboxylic acid groups (broad SMARTS) is 1. The topological polar surface area (TPSA) is 95.5 Å². The minimum Gasteiger partial charge on any atom is -0.481 e. The predicted octanol–water partition coefficient (Wildman–Crippen LogP) is 3.08. The Hall–Kier alpha value is -3.15. The van der Waals surface area contributed by atoms with Crippen LogP contribution in [0.1, 0.15) is 39.9 Å². The van der Waals surface area contributed by atoms with Crippen LogP contribution < -0.4 is 10.6 Å². The number of hydrogen-bond acceptors (Lipinski definition) is 3. The van der Waals surface area contributed by atoms with Crippen molar-refractivity contribution in [3.8, 4) is 0 Å². The van der Waals surface area contributed by atoms with Gasteiger partial charge in [0.05, 0.1) is 6.42 Å². The van der Waals surface area contributed by atoms with Crippen LogP contribution in [0.4, 0.5) is 5.69 Å². The van der Waals surface area contributed by atoms with E-state index in [1.165, 1.54) is 11.1 Å². The third-order valence-electron chi connectivity index (χ3n) is 3.98. The van der Waals surface area contributed by atoms with Crippen molar-refractivity contribution >= 4 is 23.5 Å². The van der Waals surface area contributed by atoms with E-state index in [2.05, 4.69) is 28.8 Å². The molecule has 0 aliphatic rings. The summed E-state index contributed by atoms with van der Waals surface area (Å²) in [7, 11) is 0. The quantitative estimate of drug-likeness (QED) is 0.667. The molecule has 0 aliphatic carbocycles. The maximum atomic E-state index is 12.1. The molecule has 6 nitrogen and oxygen atoms in total. The summed E-state index contributed by atoms with van der Waals surface area (Å²) >= 11 is 0. The average molecular weight is 368 g/mol. The van der Waals surface area contributed by atoms with E-state index >= 15 is 0 Å². The Morgan fingerprint density at radius 2 is 1.56 bits per heavy atom. The van der Waals surface area contributed by atoms with Crippen molar-refractivity contribution in [2.45, 2.75) is 33.1 Å². The largest absolute Gasteiger partial charge is 0.481 e. The van der Waals surface area contributed by atoms with E-state index < -0.39 is 5.97 Å². The number of benzene rings is 2. The zero-order valence-electron chi connectivity index (χ0n) is 15.5. The van der Waals surface area contributed by atoms with Gasteiger partial charge in [-0.15, -0.1) is 0 Å². The highest BCUT2D eigenvalue weighted by Crippen LogP contribution is 2.13. The SMILES string of the molecule is Cc1cc(C)cc(CCC(=O)Nc2ccc(C(=O)NCCC(=O)O)cc2)c1.